The summed E-state index contributed by atoms with van der Waals surface area (Å²) in [4.78, 5) is 0. The molecule has 0 atom stereocenters. The van der Waals surface area contributed by atoms with Gasteiger partial charge in [-0.05, 0) is 76.9 Å². The summed E-state index contributed by atoms with van der Waals surface area (Å²) in [7, 11) is 0. The van der Waals surface area contributed by atoms with Gasteiger partial charge in [-0.25, -0.2) is 0 Å². The van der Waals surface area contributed by atoms with Crippen molar-refractivity contribution >= 4 is 69.7 Å². The first-order valence-corrected chi connectivity index (χ1v) is 14.9. The van der Waals surface area contributed by atoms with Gasteiger partial charge in [-0.3, -0.25) is 0 Å². The molecule has 0 fully saturated rings. The summed E-state index contributed by atoms with van der Waals surface area (Å²) >= 11 is 8.09. The molecule has 0 amide bonds. The van der Waals surface area contributed by atoms with Crippen LogP contribution in [-0.4, -0.2) is 4.57 Å². The molecular weight excluding hydrogens is 538 g/mol. The van der Waals surface area contributed by atoms with Gasteiger partial charge < -0.3 is 4.57 Å². The maximum absolute atomic E-state index is 6.41. The zero-order chi connectivity index (χ0) is 28.5. The molecule has 2 aromatic heterocycles. The lowest BCUT2D eigenvalue weighted by Gasteiger charge is -2.10. The van der Waals surface area contributed by atoms with Crippen LogP contribution in [0.25, 0.3) is 69.0 Å². The quantitative estimate of drug-likeness (QED) is 0.198. The van der Waals surface area contributed by atoms with Crippen LogP contribution in [-0.2, 0) is 0 Å². The summed E-state index contributed by atoms with van der Waals surface area (Å²) in [5, 5.41) is 4.94. The highest BCUT2D eigenvalue weighted by Crippen LogP contribution is 2.36. The fraction of sp³-hybridized carbons (Fsp3) is 0.0526. The number of thiophene rings is 1. The van der Waals surface area contributed by atoms with Crippen LogP contribution in [0.5, 0.6) is 0 Å². The van der Waals surface area contributed by atoms with E-state index >= 15 is 0 Å². The summed E-state index contributed by atoms with van der Waals surface area (Å²) in [6, 6.07) is 34.7. The zero-order valence-corrected chi connectivity index (χ0v) is 24.8. The molecule has 0 saturated carbocycles. The van der Waals surface area contributed by atoms with Crippen LogP contribution in [0.15, 0.2) is 120 Å². The van der Waals surface area contributed by atoms with Crippen molar-refractivity contribution < 1.29 is 0 Å². The molecule has 6 rings (SSSR count). The predicted molar refractivity (Wildman–Crippen MR) is 182 cm³/mol. The van der Waals surface area contributed by atoms with E-state index in [1.807, 2.05) is 19.1 Å². The first-order chi connectivity index (χ1) is 20.0. The average molecular weight is 568 g/mol. The van der Waals surface area contributed by atoms with Gasteiger partial charge in [-0.2, -0.15) is 0 Å². The highest BCUT2D eigenvalue weighted by molar-refractivity contribution is 7.07. The van der Waals surface area contributed by atoms with Gasteiger partial charge in [0.2, 0.25) is 0 Å². The minimum atomic E-state index is 0.688. The molecule has 0 aliphatic rings. The maximum Gasteiger partial charge on any atom is 0.0637 e. The molecule has 0 bridgehead atoms. The molecule has 0 unspecified atom stereocenters. The van der Waals surface area contributed by atoms with Gasteiger partial charge in [0.1, 0.15) is 0 Å². The van der Waals surface area contributed by atoms with E-state index in [2.05, 4.69) is 134 Å². The van der Waals surface area contributed by atoms with E-state index in [1.54, 1.807) is 11.3 Å². The zero-order valence-electron chi connectivity index (χ0n) is 23.2. The Morgan fingerprint density at radius 2 is 1.34 bits per heavy atom. The van der Waals surface area contributed by atoms with Crippen molar-refractivity contribution in [2.24, 2.45) is 0 Å². The molecule has 1 nitrogen and oxygen atoms in total. The Kier molecular flexibility index (Phi) is 7.36. The fourth-order valence-electron chi connectivity index (χ4n) is 5.36. The second kappa shape index (κ2) is 11.2. The molecule has 0 saturated heterocycles. The van der Waals surface area contributed by atoms with Gasteiger partial charge >= 0.3 is 0 Å². The number of hydrogen-bond donors (Lipinski definition) is 0. The van der Waals surface area contributed by atoms with Gasteiger partial charge in [0.05, 0.1) is 21.3 Å². The van der Waals surface area contributed by atoms with Gasteiger partial charge in [0.25, 0.3) is 0 Å². The van der Waals surface area contributed by atoms with Gasteiger partial charge in [-0.1, -0.05) is 116 Å². The maximum atomic E-state index is 6.41. The standard InChI is InChI=1S/C38H30ClNS/c1-5-13-35(38-26(4)25(3)37(41-38)24-31(39)6-2)40-34-21-19-29(27-14-9-7-10-15-27)22-33(34)32-20-18-30(23-36(32)40)28-16-11-8-12-17-28/h5-24H,3-4H2,1-2H3/b13-5-,31-6+,37-24+,38-35-. The number of halogens is 1. The Labute approximate surface area is 249 Å². The highest BCUT2D eigenvalue weighted by atomic mass is 35.5. The molecule has 0 N–H and O–H groups in total. The third-order valence-corrected chi connectivity index (χ3v) is 9.04. The number of allylic oxidation sites excluding steroid dienone is 4. The monoisotopic (exact) mass is 567 g/mol. The number of fused-ring (bicyclic) bond motifs is 3. The Hall–Kier alpha value is -4.37. The summed E-state index contributed by atoms with van der Waals surface area (Å²) in [6.07, 6.45) is 8.14. The van der Waals surface area contributed by atoms with Crippen molar-refractivity contribution in [2.75, 3.05) is 0 Å². The van der Waals surface area contributed by atoms with Crippen molar-refractivity contribution in [2.45, 2.75) is 13.8 Å². The third-order valence-electron chi connectivity index (χ3n) is 7.47. The van der Waals surface area contributed by atoms with Crippen molar-refractivity contribution in [3.05, 3.63) is 140 Å². The molecule has 3 heteroatoms. The Morgan fingerprint density at radius 3 is 1.98 bits per heavy atom. The average Bonchev–Trinajstić information content (AvgIpc) is 3.49. The molecular formula is C38H30ClNS. The van der Waals surface area contributed by atoms with E-state index in [-0.39, 0.29) is 0 Å². The summed E-state index contributed by atoms with van der Waals surface area (Å²) < 4.78 is 4.48. The van der Waals surface area contributed by atoms with E-state index in [0.29, 0.717) is 5.03 Å². The smallest absolute Gasteiger partial charge is 0.0637 e. The minimum absolute atomic E-state index is 0.688. The van der Waals surface area contributed by atoms with E-state index in [4.69, 9.17) is 11.6 Å². The lowest BCUT2D eigenvalue weighted by molar-refractivity contribution is 1.22. The Balaban J connectivity index is 1.76. The molecule has 0 radical (unpaired) electrons. The largest absolute Gasteiger partial charge is 0.308 e. The van der Waals surface area contributed by atoms with Crippen LogP contribution in [0, 0.1) is 0 Å². The summed E-state index contributed by atoms with van der Waals surface area (Å²) in [5.74, 6) is 0. The molecule has 200 valence electrons. The molecule has 0 aliphatic carbocycles. The first kappa shape index (κ1) is 26.8. The lowest BCUT2D eigenvalue weighted by atomic mass is 10.0. The lowest BCUT2D eigenvalue weighted by Crippen LogP contribution is -2.36. The van der Waals surface area contributed by atoms with E-state index < -0.39 is 0 Å². The second-order valence-corrected chi connectivity index (χ2v) is 11.5. The van der Waals surface area contributed by atoms with E-state index in [9.17, 15) is 0 Å². The molecule has 6 aromatic rings. The normalized spacial score (nSPS) is 13.5. The third kappa shape index (κ3) is 4.91. The van der Waals surface area contributed by atoms with Crippen molar-refractivity contribution in [1.82, 2.24) is 4.57 Å². The van der Waals surface area contributed by atoms with Crippen LogP contribution in [0.1, 0.15) is 13.8 Å². The van der Waals surface area contributed by atoms with Gasteiger partial charge in [0.15, 0.2) is 0 Å². The van der Waals surface area contributed by atoms with Crippen LogP contribution >= 0.6 is 22.9 Å². The van der Waals surface area contributed by atoms with E-state index in [0.717, 1.165) is 36.2 Å². The molecule has 4 aromatic carbocycles. The SMILES string of the molecule is C=c1c(=C)/c(=C\C(Cl)=C/C)s/c1=C(/C=C\C)n1c2ccc(-c3ccccc3)cc2c2ccc(-c3ccccc3)cc21. The minimum Gasteiger partial charge on any atom is -0.308 e. The number of aromatic nitrogens is 1. The summed E-state index contributed by atoms with van der Waals surface area (Å²) in [6.45, 7) is 12.8. The topological polar surface area (TPSA) is 4.93 Å². The Morgan fingerprint density at radius 1 is 0.707 bits per heavy atom. The molecule has 0 spiro atoms. The number of benzene rings is 4. The Bertz CT molecular complexity index is 2200. The second-order valence-electron chi connectivity index (χ2n) is 9.99. The number of rotatable bonds is 5. The molecule has 41 heavy (non-hydrogen) atoms. The van der Waals surface area contributed by atoms with Crippen molar-refractivity contribution in [3.63, 3.8) is 0 Å². The van der Waals surface area contributed by atoms with Crippen LogP contribution in [0.4, 0.5) is 0 Å². The van der Waals surface area contributed by atoms with E-state index in [1.165, 1.54) is 33.0 Å². The number of nitrogens with zero attached hydrogens (tertiary/aromatic N) is 1. The molecule has 2 heterocycles. The van der Waals surface area contributed by atoms with Crippen LogP contribution in [0.2, 0.25) is 0 Å². The predicted octanol–water partition coefficient (Wildman–Crippen LogP) is 8.17. The van der Waals surface area contributed by atoms with Crippen molar-refractivity contribution in [3.8, 4) is 22.3 Å². The fourth-order valence-corrected chi connectivity index (χ4v) is 6.70. The summed E-state index contributed by atoms with van der Waals surface area (Å²) in [5.41, 5.74) is 8.14. The van der Waals surface area contributed by atoms with Gasteiger partial charge in [-0.15, -0.1) is 11.3 Å². The highest BCUT2D eigenvalue weighted by Gasteiger charge is 2.16. The van der Waals surface area contributed by atoms with Crippen molar-refractivity contribution in [1.29, 1.82) is 0 Å². The van der Waals surface area contributed by atoms with Crippen LogP contribution < -0.4 is 19.5 Å². The van der Waals surface area contributed by atoms with Crippen LogP contribution in [0.3, 0.4) is 0 Å². The van der Waals surface area contributed by atoms with Gasteiger partial charge in [0, 0.05) is 20.3 Å². The molecule has 0 aliphatic heterocycles. The first-order valence-electron chi connectivity index (χ1n) is 13.7. The number of hydrogen-bond acceptors (Lipinski definition) is 1.